The Hall–Kier alpha value is -0.930. The van der Waals surface area contributed by atoms with Gasteiger partial charge in [-0.2, -0.15) is 0 Å². The zero-order valence-electron chi connectivity index (χ0n) is 9.64. The molecule has 2 unspecified atom stereocenters. The van der Waals surface area contributed by atoms with Crippen molar-refractivity contribution in [3.63, 3.8) is 0 Å². The van der Waals surface area contributed by atoms with Crippen molar-refractivity contribution in [2.75, 3.05) is 6.61 Å². The fourth-order valence-electron chi connectivity index (χ4n) is 2.20. The third-order valence-electron chi connectivity index (χ3n) is 3.04. The fourth-order valence-corrected chi connectivity index (χ4v) is 2.20. The van der Waals surface area contributed by atoms with Crippen LogP contribution < -0.4 is 5.73 Å². The molecule has 1 aliphatic heterocycles. The van der Waals surface area contributed by atoms with Crippen molar-refractivity contribution in [2.45, 2.75) is 44.2 Å². The third kappa shape index (κ3) is 3.58. The van der Waals surface area contributed by atoms with E-state index in [-0.39, 0.29) is 6.04 Å². The summed E-state index contributed by atoms with van der Waals surface area (Å²) in [4.78, 5) is 4.29. The van der Waals surface area contributed by atoms with Gasteiger partial charge in [-0.25, -0.2) is 0 Å². The van der Waals surface area contributed by atoms with Crippen LogP contribution in [0, 0.1) is 0 Å². The minimum atomic E-state index is 0.165. The lowest BCUT2D eigenvalue weighted by atomic mass is 9.99. The largest absolute Gasteiger partial charge is 0.378 e. The average Bonchev–Trinajstić information content (AvgIpc) is 2.31. The molecular formula is C13H20N2O. The van der Waals surface area contributed by atoms with E-state index < -0.39 is 0 Å². The topological polar surface area (TPSA) is 48.1 Å². The number of hydrogen-bond donors (Lipinski definition) is 1. The van der Waals surface area contributed by atoms with Gasteiger partial charge in [-0.15, -0.1) is 0 Å². The van der Waals surface area contributed by atoms with Crippen LogP contribution in [0.4, 0.5) is 0 Å². The Balaban J connectivity index is 1.77. The number of nitrogens with two attached hydrogens (primary N) is 1. The molecule has 1 aromatic rings. The highest BCUT2D eigenvalue weighted by atomic mass is 16.5. The maximum atomic E-state index is 6.12. The van der Waals surface area contributed by atoms with Gasteiger partial charge in [0.05, 0.1) is 6.10 Å². The Morgan fingerprint density at radius 2 is 2.38 bits per heavy atom. The van der Waals surface area contributed by atoms with Crippen molar-refractivity contribution in [3.8, 4) is 0 Å². The first-order valence-electron chi connectivity index (χ1n) is 6.11. The quantitative estimate of drug-likeness (QED) is 0.843. The number of rotatable bonds is 4. The maximum absolute atomic E-state index is 6.12. The van der Waals surface area contributed by atoms with Gasteiger partial charge >= 0.3 is 0 Å². The zero-order chi connectivity index (χ0) is 11.2. The molecule has 1 aromatic heterocycles. The van der Waals surface area contributed by atoms with Gasteiger partial charge in [0.25, 0.3) is 0 Å². The van der Waals surface area contributed by atoms with Crippen LogP contribution in [0.2, 0.25) is 0 Å². The van der Waals surface area contributed by atoms with Crippen molar-refractivity contribution in [1.82, 2.24) is 4.98 Å². The summed E-state index contributed by atoms with van der Waals surface area (Å²) >= 11 is 0. The Kier molecular flexibility index (Phi) is 4.31. The number of hydrogen-bond acceptors (Lipinski definition) is 3. The van der Waals surface area contributed by atoms with Gasteiger partial charge in [0.2, 0.25) is 0 Å². The maximum Gasteiger partial charge on any atom is 0.0590 e. The third-order valence-corrected chi connectivity index (χ3v) is 3.04. The molecule has 2 heterocycles. The minimum absolute atomic E-state index is 0.165. The molecule has 0 aliphatic carbocycles. The van der Waals surface area contributed by atoms with E-state index in [0.29, 0.717) is 6.10 Å². The van der Waals surface area contributed by atoms with E-state index in [1.54, 1.807) is 0 Å². The molecule has 3 nitrogen and oxygen atoms in total. The number of nitrogens with zero attached hydrogens (tertiary/aromatic N) is 1. The van der Waals surface area contributed by atoms with Crippen LogP contribution in [0.15, 0.2) is 24.4 Å². The van der Waals surface area contributed by atoms with Crippen LogP contribution in [0.1, 0.15) is 31.4 Å². The van der Waals surface area contributed by atoms with Crippen molar-refractivity contribution in [1.29, 1.82) is 0 Å². The van der Waals surface area contributed by atoms with Crippen LogP contribution in [0.3, 0.4) is 0 Å². The summed E-state index contributed by atoms with van der Waals surface area (Å²) in [7, 11) is 0. The van der Waals surface area contributed by atoms with E-state index in [2.05, 4.69) is 4.98 Å². The van der Waals surface area contributed by atoms with E-state index in [4.69, 9.17) is 10.5 Å². The molecule has 0 spiro atoms. The standard InChI is InChI=1S/C13H20N2O/c14-11(9-12-5-1-3-7-15-12)10-13-6-2-4-8-16-13/h1,3,5,7,11,13H,2,4,6,8-10,14H2. The summed E-state index contributed by atoms with van der Waals surface area (Å²) in [5.74, 6) is 0. The molecule has 1 fully saturated rings. The molecule has 2 atom stereocenters. The Labute approximate surface area is 97.0 Å². The van der Waals surface area contributed by atoms with Gasteiger partial charge in [0.1, 0.15) is 0 Å². The van der Waals surface area contributed by atoms with E-state index in [0.717, 1.165) is 31.6 Å². The molecule has 0 radical (unpaired) electrons. The van der Waals surface area contributed by atoms with E-state index >= 15 is 0 Å². The van der Waals surface area contributed by atoms with Crippen molar-refractivity contribution in [2.24, 2.45) is 5.73 Å². The van der Waals surface area contributed by atoms with Crippen molar-refractivity contribution in [3.05, 3.63) is 30.1 Å². The van der Waals surface area contributed by atoms with E-state index in [1.807, 2.05) is 24.4 Å². The predicted octanol–water partition coefficient (Wildman–Crippen LogP) is 1.91. The molecule has 0 amide bonds. The SMILES string of the molecule is NC(Cc1ccccn1)CC1CCCCO1. The highest BCUT2D eigenvalue weighted by molar-refractivity contribution is 5.05. The summed E-state index contributed by atoms with van der Waals surface area (Å²) < 4.78 is 5.69. The van der Waals surface area contributed by atoms with Gasteiger partial charge in [-0.1, -0.05) is 6.07 Å². The molecule has 16 heavy (non-hydrogen) atoms. The molecule has 3 heteroatoms. The molecule has 2 rings (SSSR count). The smallest absolute Gasteiger partial charge is 0.0590 e. The van der Waals surface area contributed by atoms with Crippen molar-refractivity contribution < 1.29 is 4.74 Å². The molecule has 88 valence electrons. The lowest BCUT2D eigenvalue weighted by Crippen LogP contribution is -2.31. The van der Waals surface area contributed by atoms with Crippen LogP contribution in [0.5, 0.6) is 0 Å². The number of ether oxygens (including phenoxy) is 1. The Morgan fingerprint density at radius 1 is 1.44 bits per heavy atom. The summed E-state index contributed by atoms with van der Waals surface area (Å²) in [6, 6.07) is 6.13. The first kappa shape index (κ1) is 11.6. The van der Waals surface area contributed by atoms with Gasteiger partial charge in [0, 0.05) is 31.0 Å². The fraction of sp³-hybridized carbons (Fsp3) is 0.615. The van der Waals surface area contributed by atoms with E-state index in [1.165, 1.54) is 12.8 Å². The predicted molar refractivity (Wildman–Crippen MR) is 64.1 cm³/mol. The molecule has 2 N–H and O–H groups in total. The van der Waals surface area contributed by atoms with Crippen LogP contribution in [-0.4, -0.2) is 23.7 Å². The highest BCUT2D eigenvalue weighted by Gasteiger charge is 2.17. The van der Waals surface area contributed by atoms with Crippen LogP contribution >= 0.6 is 0 Å². The highest BCUT2D eigenvalue weighted by Crippen LogP contribution is 2.17. The second kappa shape index (κ2) is 5.97. The Morgan fingerprint density at radius 3 is 3.06 bits per heavy atom. The lowest BCUT2D eigenvalue weighted by molar-refractivity contribution is 0.00743. The van der Waals surface area contributed by atoms with Gasteiger partial charge in [0.15, 0.2) is 0 Å². The molecule has 0 aromatic carbocycles. The van der Waals surface area contributed by atoms with Crippen LogP contribution in [0.25, 0.3) is 0 Å². The monoisotopic (exact) mass is 220 g/mol. The molecular weight excluding hydrogens is 200 g/mol. The summed E-state index contributed by atoms with van der Waals surface area (Å²) in [6.07, 6.45) is 7.63. The van der Waals surface area contributed by atoms with Crippen LogP contribution in [-0.2, 0) is 11.2 Å². The van der Waals surface area contributed by atoms with Gasteiger partial charge in [-0.05, 0) is 37.8 Å². The first-order valence-corrected chi connectivity index (χ1v) is 6.11. The Bertz CT molecular complexity index is 296. The minimum Gasteiger partial charge on any atom is -0.378 e. The van der Waals surface area contributed by atoms with Gasteiger partial charge in [-0.3, -0.25) is 4.98 Å². The molecule has 1 aliphatic rings. The normalized spacial score (nSPS) is 22.9. The first-order chi connectivity index (χ1) is 7.84. The zero-order valence-corrected chi connectivity index (χ0v) is 9.64. The second-order valence-electron chi connectivity index (χ2n) is 4.51. The molecule has 0 saturated carbocycles. The number of pyridine rings is 1. The average molecular weight is 220 g/mol. The number of aromatic nitrogens is 1. The second-order valence-corrected chi connectivity index (χ2v) is 4.51. The summed E-state index contributed by atoms with van der Waals surface area (Å²) in [5.41, 5.74) is 7.19. The van der Waals surface area contributed by atoms with Gasteiger partial charge < -0.3 is 10.5 Å². The molecule has 1 saturated heterocycles. The molecule has 0 bridgehead atoms. The summed E-state index contributed by atoms with van der Waals surface area (Å²) in [6.45, 7) is 0.904. The van der Waals surface area contributed by atoms with Crippen molar-refractivity contribution >= 4 is 0 Å². The lowest BCUT2D eigenvalue weighted by Gasteiger charge is -2.25. The summed E-state index contributed by atoms with van der Waals surface area (Å²) in [5, 5.41) is 0. The van der Waals surface area contributed by atoms with E-state index in [9.17, 15) is 0 Å².